The van der Waals surface area contributed by atoms with Gasteiger partial charge in [0.25, 0.3) is 0 Å². The first kappa shape index (κ1) is 11.4. The Morgan fingerprint density at radius 3 is 2.89 bits per heavy atom. The van der Waals surface area contributed by atoms with Crippen LogP contribution >= 0.6 is 11.8 Å². The van der Waals surface area contributed by atoms with Gasteiger partial charge in [0.15, 0.2) is 4.87 Å². The lowest BCUT2D eigenvalue weighted by atomic mass is 10.1. The fourth-order valence-corrected chi connectivity index (χ4v) is 2.98. The van der Waals surface area contributed by atoms with E-state index >= 15 is 0 Å². The molecule has 0 fully saturated rings. The third kappa shape index (κ3) is 1.93. The molecule has 1 aliphatic heterocycles. The Labute approximate surface area is 110 Å². The molecule has 18 heavy (non-hydrogen) atoms. The van der Waals surface area contributed by atoms with Crippen LogP contribution in [0.1, 0.15) is 23.8 Å². The van der Waals surface area contributed by atoms with Crippen molar-refractivity contribution in [2.45, 2.75) is 18.7 Å². The third-order valence-corrected chi connectivity index (χ3v) is 4.15. The lowest BCUT2D eigenvalue weighted by Crippen LogP contribution is -2.27. The van der Waals surface area contributed by atoms with Crippen LogP contribution in [-0.2, 0) is 4.87 Å². The Kier molecular flexibility index (Phi) is 2.67. The van der Waals surface area contributed by atoms with E-state index in [-0.39, 0.29) is 4.87 Å². The minimum Gasteiger partial charge on any atom is -0.466 e. The summed E-state index contributed by atoms with van der Waals surface area (Å²) in [6, 6.07) is 12.2. The van der Waals surface area contributed by atoms with E-state index in [1.807, 2.05) is 12.1 Å². The monoisotopic (exact) mass is 258 g/mol. The molecule has 1 aliphatic rings. The maximum Gasteiger partial charge on any atom is 0.160 e. The number of rotatable bonds is 2. The van der Waals surface area contributed by atoms with Crippen LogP contribution < -0.4 is 5.43 Å². The smallest absolute Gasteiger partial charge is 0.160 e. The predicted octanol–water partition coefficient (Wildman–Crippen LogP) is 3.46. The lowest BCUT2D eigenvalue weighted by molar-refractivity contribution is 0.414. The Morgan fingerprint density at radius 2 is 2.17 bits per heavy atom. The zero-order valence-corrected chi connectivity index (χ0v) is 11.1. The summed E-state index contributed by atoms with van der Waals surface area (Å²) in [7, 11) is 0. The van der Waals surface area contributed by atoms with Gasteiger partial charge in [0, 0.05) is 5.56 Å². The molecule has 2 aromatic rings. The minimum absolute atomic E-state index is 0.317. The van der Waals surface area contributed by atoms with Crippen molar-refractivity contribution in [2.75, 3.05) is 0 Å². The average Bonchev–Trinajstić information content (AvgIpc) is 2.98. The maximum atomic E-state index is 5.47. The molecule has 0 saturated carbocycles. The van der Waals surface area contributed by atoms with Gasteiger partial charge in [-0.15, -0.1) is 0 Å². The van der Waals surface area contributed by atoms with Gasteiger partial charge in [-0.1, -0.05) is 35.5 Å². The number of benzene rings is 1. The number of nitrogens with zero attached hydrogens (tertiary/aromatic N) is 1. The number of hydrazone groups is 1. The van der Waals surface area contributed by atoms with E-state index in [9.17, 15) is 0 Å². The molecule has 1 aromatic heterocycles. The Hall–Kier alpha value is -1.68. The van der Waals surface area contributed by atoms with Crippen molar-refractivity contribution >= 4 is 16.8 Å². The van der Waals surface area contributed by atoms with Gasteiger partial charge in [0.05, 0.1) is 6.26 Å². The van der Waals surface area contributed by atoms with Crippen LogP contribution in [0.3, 0.4) is 0 Å². The maximum absolute atomic E-state index is 5.47. The molecule has 2 heterocycles. The van der Waals surface area contributed by atoms with E-state index in [0.717, 1.165) is 16.4 Å². The number of furan rings is 1. The standard InChI is InChI=1S/C14H14N2OS/c1-10-5-3-6-11(9-10)13-15-16-14(2,18-13)12-7-4-8-17-12/h3-9,16H,1-2H3. The summed E-state index contributed by atoms with van der Waals surface area (Å²) in [6.07, 6.45) is 1.69. The number of aryl methyl sites for hydroxylation is 1. The molecule has 4 heteroatoms. The van der Waals surface area contributed by atoms with Crippen molar-refractivity contribution < 1.29 is 4.42 Å². The van der Waals surface area contributed by atoms with Crippen LogP contribution in [0, 0.1) is 6.92 Å². The predicted molar refractivity (Wildman–Crippen MR) is 74.5 cm³/mol. The second-order valence-corrected chi connectivity index (χ2v) is 5.92. The lowest BCUT2D eigenvalue weighted by Gasteiger charge is -2.19. The molecule has 1 atom stereocenters. The van der Waals surface area contributed by atoms with E-state index in [2.05, 4.69) is 48.6 Å². The van der Waals surface area contributed by atoms with E-state index in [1.165, 1.54) is 5.56 Å². The molecule has 0 bridgehead atoms. The normalized spacial score (nSPS) is 22.7. The van der Waals surface area contributed by atoms with Gasteiger partial charge in [-0.3, -0.25) is 5.43 Å². The van der Waals surface area contributed by atoms with Crippen LogP contribution in [-0.4, -0.2) is 5.04 Å². The van der Waals surface area contributed by atoms with E-state index in [0.29, 0.717) is 0 Å². The highest BCUT2D eigenvalue weighted by atomic mass is 32.2. The molecule has 3 rings (SSSR count). The average molecular weight is 258 g/mol. The molecule has 0 spiro atoms. The highest BCUT2D eigenvalue weighted by Crippen LogP contribution is 2.40. The highest BCUT2D eigenvalue weighted by Gasteiger charge is 2.36. The minimum atomic E-state index is -0.317. The van der Waals surface area contributed by atoms with Gasteiger partial charge < -0.3 is 4.42 Å². The fourth-order valence-electron chi connectivity index (χ4n) is 1.95. The fraction of sp³-hybridized carbons (Fsp3) is 0.214. The zero-order valence-electron chi connectivity index (χ0n) is 10.3. The summed E-state index contributed by atoms with van der Waals surface area (Å²) in [5.74, 6) is 0.888. The van der Waals surface area contributed by atoms with Gasteiger partial charge in [0.2, 0.25) is 0 Å². The highest BCUT2D eigenvalue weighted by molar-refractivity contribution is 8.15. The number of hydrogen-bond donors (Lipinski definition) is 1. The molecule has 0 saturated heterocycles. The van der Waals surface area contributed by atoms with Crippen LogP contribution in [0.4, 0.5) is 0 Å². The SMILES string of the molecule is Cc1cccc(C2=NNC(C)(c3ccco3)S2)c1. The number of nitrogens with one attached hydrogen (secondary N) is 1. The first-order valence-electron chi connectivity index (χ1n) is 5.82. The summed E-state index contributed by atoms with van der Waals surface area (Å²) in [5.41, 5.74) is 5.54. The molecule has 0 aliphatic carbocycles. The number of thioether (sulfide) groups is 1. The molecule has 0 radical (unpaired) electrons. The second-order valence-electron chi connectivity index (χ2n) is 4.51. The summed E-state index contributed by atoms with van der Waals surface area (Å²) in [4.78, 5) is -0.317. The molecule has 3 nitrogen and oxygen atoms in total. The van der Waals surface area contributed by atoms with Gasteiger partial charge in [-0.25, -0.2) is 0 Å². The van der Waals surface area contributed by atoms with Crippen molar-refractivity contribution in [1.82, 2.24) is 5.43 Å². The van der Waals surface area contributed by atoms with Crippen LogP contribution in [0.25, 0.3) is 0 Å². The topological polar surface area (TPSA) is 37.5 Å². The zero-order chi connectivity index (χ0) is 12.6. The Balaban J connectivity index is 1.87. The summed E-state index contributed by atoms with van der Waals surface area (Å²) in [5, 5.41) is 5.42. The van der Waals surface area contributed by atoms with Gasteiger partial charge >= 0.3 is 0 Å². The molecule has 1 aromatic carbocycles. The van der Waals surface area contributed by atoms with Gasteiger partial charge in [0.1, 0.15) is 10.8 Å². The van der Waals surface area contributed by atoms with E-state index in [4.69, 9.17) is 4.42 Å². The molecular weight excluding hydrogens is 244 g/mol. The second kappa shape index (κ2) is 4.21. The third-order valence-electron chi connectivity index (χ3n) is 2.93. The van der Waals surface area contributed by atoms with Gasteiger partial charge in [-0.2, -0.15) is 5.10 Å². The molecule has 1 N–H and O–H groups in total. The summed E-state index contributed by atoms with van der Waals surface area (Å²) in [6.45, 7) is 4.16. The van der Waals surface area contributed by atoms with Crippen LogP contribution in [0.5, 0.6) is 0 Å². The van der Waals surface area contributed by atoms with E-state index < -0.39 is 0 Å². The van der Waals surface area contributed by atoms with Crippen molar-refractivity contribution in [3.8, 4) is 0 Å². The quantitative estimate of drug-likeness (QED) is 0.896. The Bertz CT molecular complexity index is 592. The largest absolute Gasteiger partial charge is 0.466 e. The van der Waals surface area contributed by atoms with Crippen LogP contribution in [0.15, 0.2) is 52.2 Å². The van der Waals surface area contributed by atoms with Crippen molar-refractivity contribution in [3.05, 3.63) is 59.5 Å². The van der Waals surface area contributed by atoms with Crippen molar-refractivity contribution in [3.63, 3.8) is 0 Å². The van der Waals surface area contributed by atoms with Crippen LogP contribution in [0.2, 0.25) is 0 Å². The Morgan fingerprint density at radius 1 is 1.28 bits per heavy atom. The first-order valence-corrected chi connectivity index (χ1v) is 6.64. The molecule has 1 unspecified atom stereocenters. The first-order chi connectivity index (χ1) is 8.67. The molecule has 92 valence electrons. The summed E-state index contributed by atoms with van der Waals surface area (Å²) >= 11 is 1.68. The summed E-state index contributed by atoms with van der Waals surface area (Å²) < 4.78 is 5.47. The van der Waals surface area contributed by atoms with Crippen molar-refractivity contribution in [1.29, 1.82) is 0 Å². The van der Waals surface area contributed by atoms with E-state index in [1.54, 1.807) is 18.0 Å². The van der Waals surface area contributed by atoms with Gasteiger partial charge in [-0.05, 0) is 32.0 Å². The van der Waals surface area contributed by atoms with Crippen molar-refractivity contribution in [2.24, 2.45) is 5.10 Å². The number of hydrogen-bond acceptors (Lipinski definition) is 4. The molecular formula is C14H14N2OS. The molecule has 0 amide bonds.